The minimum Gasteiger partial charge on any atom is -0.484 e. The fraction of sp³-hybridized carbons (Fsp3) is 0.143. The molecule has 5 heteroatoms. The highest BCUT2D eigenvalue weighted by molar-refractivity contribution is 5.89. The number of esters is 1. The summed E-state index contributed by atoms with van der Waals surface area (Å²) in [5.41, 5.74) is 1.04. The van der Waals surface area contributed by atoms with Crippen LogP contribution in [-0.2, 0) is 11.3 Å². The molecule has 0 saturated heterocycles. The van der Waals surface area contributed by atoms with Gasteiger partial charge in [0.1, 0.15) is 6.61 Å². The van der Waals surface area contributed by atoms with Gasteiger partial charge in [0, 0.05) is 12.3 Å². The van der Waals surface area contributed by atoms with E-state index in [1.165, 1.54) is 13.2 Å². The van der Waals surface area contributed by atoms with Crippen molar-refractivity contribution in [2.75, 3.05) is 7.11 Å². The maximum Gasteiger partial charge on any atom is 0.339 e. The Morgan fingerprint density at radius 3 is 2.74 bits per heavy atom. The third kappa shape index (κ3) is 3.28. The van der Waals surface area contributed by atoms with Gasteiger partial charge in [-0.15, -0.1) is 0 Å². The Morgan fingerprint density at radius 1 is 1.32 bits per heavy atom. The third-order valence-corrected chi connectivity index (χ3v) is 2.47. The zero-order valence-corrected chi connectivity index (χ0v) is 10.3. The molecule has 1 aromatic carbocycles. The number of carbonyl (C=O) groups is 1. The van der Waals surface area contributed by atoms with Gasteiger partial charge in [0.15, 0.2) is 5.75 Å². The van der Waals surface area contributed by atoms with Crippen LogP contribution in [0.5, 0.6) is 5.75 Å². The van der Waals surface area contributed by atoms with Crippen LogP contribution >= 0.6 is 0 Å². The number of methoxy groups -OCH3 is 1. The maximum absolute atomic E-state index is 13.5. The van der Waals surface area contributed by atoms with Crippen molar-refractivity contribution in [2.24, 2.45) is 0 Å². The van der Waals surface area contributed by atoms with Crippen LogP contribution in [-0.4, -0.2) is 18.1 Å². The van der Waals surface area contributed by atoms with Crippen molar-refractivity contribution < 1.29 is 18.7 Å². The minimum atomic E-state index is -0.761. The van der Waals surface area contributed by atoms with Gasteiger partial charge in [-0.05, 0) is 5.56 Å². The summed E-state index contributed by atoms with van der Waals surface area (Å²) in [6.07, 6.45) is 1.11. The van der Waals surface area contributed by atoms with Gasteiger partial charge in [0.05, 0.1) is 12.7 Å². The van der Waals surface area contributed by atoms with E-state index in [-0.39, 0.29) is 17.9 Å². The molecular weight excluding hydrogens is 249 g/mol. The monoisotopic (exact) mass is 261 g/mol. The largest absolute Gasteiger partial charge is 0.484 e. The molecule has 19 heavy (non-hydrogen) atoms. The van der Waals surface area contributed by atoms with E-state index in [9.17, 15) is 9.18 Å². The topological polar surface area (TPSA) is 48.4 Å². The molecule has 0 amide bonds. The van der Waals surface area contributed by atoms with Gasteiger partial charge < -0.3 is 9.47 Å². The van der Waals surface area contributed by atoms with Crippen molar-refractivity contribution in [1.29, 1.82) is 0 Å². The first-order chi connectivity index (χ1) is 9.20. The van der Waals surface area contributed by atoms with E-state index in [1.807, 2.05) is 30.3 Å². The number of carbonyl (C=O) groups excluding carboxylic acids is 1. The quantitative estimate of drug-likeness (QED) is 0.627. The molecule has 0 bridgehead atoms. The molecule has 0 aliphatic carbocycles. The van der Waals surface area contributed by atoms with Gasteiger partial charge >= 0.3 is 5.97 Å². The Hall–Kier alpha value is -2.43. The van der Waals surface area contributed by atoms with E-state index < -0.39 is 11.9 Å². The SMILES string of the molecule is COC(=O)c1cnc(F)c(OCc2ccccc2)c1. The summed E-state index contributed by atoms with van der Waals surface area (Å²) < 4.78 is 23.3. The van der Waals surface area contributed by atoms with Gasteiger partial charge in [0.2, 0.25) is 0 Å². The van der Waals surface area contributed by atoms with Crippen LogP contribution in [0, 0.1) is 5.95 Å². The first kappa shape index (κ1) is 13.0. The fourth-order valence-electron chi connectivity index (χ4n) is 1.49. The summed E-state index contributed by atoms with van der Waals surface area (Å²) in [6.45, 7) is 0.198. The first-order valence-corrected chi connectivity index (χ1v) is 5.61. The Balaban J connectivity index is 2.13. The van der Waals surface area contributed by atoms with Gasteiger partial charge in [-0.2, -0.15) is 4.39 Å². The molecular formula is C14H12FNO3. The van der Waals surface area contributed by atoms with Crippen molar-refractivity contribution in [1.82, 2.24) is 4.98 Å². The fourth-order valence-corrected chi connectivity index (χ4v) is 1.49. The summed E-state index contributed by atoms with van der Waals surface area (Å²) in [4.78, 5) is 14.8. The van der Waals surface area contributed by atoms with Gasteiger partial charge in [-0.1, -0.05) is 30.3 Å². The molecule has 0 spiro atoms. The Bertz CT molecular complexity index is 572. The highest BCUT2D eigenvalue weighted by Crippen LogP contribution is 2.18. The predicted octanol–water partition coefficient (Wildman–Crippen LogP) is 2.59. The summed E-state index contributed by atoms with van der Waals surface area (Å²) in [5, 5.41) is 0. The molecule has 2 rings (SSSR count). The van der Waals surface area contributed by atoms with E-state index in [1.54, 1.807) is 0 Å². The average molecular weight is 261 g/mol. The zero-order valence-electron chi connectivity index (χ0n) is 10.3. The van der Waals surface area contributed by atoms with Crippen LogP contribution in [0.2, 0.25) is 0 Å². The zero-order chi connectivity index (χ0) is 13.7. The van der Waals surface area contributed by atoms with Crippen LogP contribution < -0.4 is 4.74 Å². The molecule has 98 valence electrons. The lowest BCUT2D eigenvalue weighted by Gasteiger charge is -2.08. The van der Waals surface area contributed by atoms with E-state index >= 15 is 0 Å². The summed E-state index contributed by atoms with van der Waals surface area (Å²) in [6, 6.07) is 10.6. The van der Waals surface area contributed by atoms with Crippen LogP contribution in [0.15, 0.2) is 42.6 Å². The molecule has 0 atom stereocenters. The van der Waals surface area contributed by atoms with E-state index in [0.717, 1.165) is 11.8 Å². The van der Waals surface area contributed by atoms with Gasteiger partial charge in [0.25, 0.3) is 5.95 Å². The smallest absolute Gasteiger partial charge is 0.339 e. The lowest BCUT2D eigenvalue weighted by atomic mass is 10.2. The van der Waals surface area contributed by atoms with Crippen LogP contribution in [0.25, 0.3) is 0 Å². The van der Waals surface area contributed by atoms with Crippen molar-refractivity contribution in [3.8, 4) is 5.75 Å². The minimum absolute atomic E-state index is 0.0771. The number of ether oxygens (including phenoxy) is 2. The normalized spacial score (nSPS) is 10.0. The Morgan fingerprint density at radius 2 is 2.05 bits per heavy atom. The number of aromatic nitrogens is 1. The predicted molar refractivity (Wildman–Crippen MR) is 66.3 cm³/mol. The maximum atomic E-state index is 13.5. The lowest BCUT2D eigenvalue weighted by Crippen LogP contribution is -2.05. The number of benzene rings is 1. The second-order valence-corrected chi connectivity index (χ2v) is 3.78. The molecule has 0 N–H and O–H groups in total. The average Bonchev–Trinajstić information content (AvgIpc) is 2.46. The summed E-state index contributed by atoms with van der Waals surface area (Å²) in [7, 11) is 1.25. The van der Waals surface area contributed by atoms with Crippen molar-refractivity contribution in [3.05, 3.63) is 59.7 Å². The number of pyridine rings is 1. The molecule has 2 aromatic rings. The standard InChI is InChI=1S/C14H12FNO3/c1-18-14(17)11-7-12(13(15)16-8-11)19-9-10-5-3-2-4-6-10/h2-8H,9H2,1H3. The highest BCUT2D eigenvalue weighted by Gasteiger charge is 2.12. The Kier molecular flexibility index (Phi) is 4.07. The number of rotatable bonds is 4. The number of halogens is 1. The first-order valence-electron chi connectivity index (χ1n) is 5.61. The summed E-state index contributed by atoms with van der Waals surface area (Å²) >= 11 is 0. The van der Waals surface area contributed by atoms with Crippen molar-refractivity contribution >= 4 is 5.97 Å². The van der Waals surface area contributed by atoms with Crippen molar-refractivity contribution in [3.63, 3.8) is 0 Å². The molecule has 4 nitrogen and oxygen atoms in total. The van der Waals surface area contributed by atoms with Crippen LogP contribution in [0.1, 0.15) is 15.9 Å². The molecule has 1 heterocycles. The van der Waals surface area contributed by atoms with E-state index in [2.05, 4.69) is 9.72 Å². The summed E-state index contributed by atoms with van der Waals surface area (Å²) in [5.74, 6) is -1.42. The van der Waals surface area contributed by atoms with Crippen LogP contribution in [0.3, 0.4) is 0 Å². The van der Waals surface area contributed by atoms with E-state index in [0.29, 0.717) is 0 Å². The van der Waals surface area contributed by atoms with E-state index in [4.69, 9.17) is 4.74 Å². The highest BCUT2D eigenvalue weighted by atomic mass is 19.1. The molecule has 0 radical (unpaired) electrons. The molecule has 0 aliphatic rings. The second-order valence-electron chi connectivity index (χ2n) is 3.78. The molecule has 1 aromatic heterocycles. The third-order valence-electron chi connectivity index (χ3n) is 2.47. The van der Waals surface area contributed by atoms with Gasteiger partial charge in [-0.25, -0.2) is 9.78 Å². The van der Waals surface area contributed by atoms with Gasteiger partial charge in [-0.3, -0.25) is 0 Å². The number of hydrogen-bond donors (Lipinski definition) is 0. The second kappa shape index (κ2) is 5.95. The van der Waals surface area contributed by atoms with Crippen LogP contribution in [0.4, 0.5) is 4.39 Å². The molecule has 0 aliphatic heterocycles. The molecule has 0 fully saturated rings. The number of nitrogens with zero attached hydrogens (tertiary/aromatic N) is 1. The lowest BCUT2D eigenvalue weighted by molar-refractivity contribution is 0.0599. The molecule has 0 saturated carbocycles. The number of hydrogen-bond acceptors (Lipinski definition) is 4. The molecule has 0 unspecified atom stereocenters. The van der Waals surface area contributed by atoms with Crippen molar-refractivity contribution in [2.45, 2.75) is 6.61 Å². The Labute approximate surface area is 109 Å².